The van der Waals surface area contributed by atoms with Crippen molar-refractivity contribution in [2.45, 2.75) is 32.7 Å². The van der Waals surface area contributed by atoms with Crippen molar-refractivity contribution < 1.29 is 9.59 Å². The van der Waals surface area contributed by atoms with E-state index in [-0.39, 0.29) is 17.9 Å². The zero-order chi connectivity index (χ0) is 18.7. The number of nitrogens with one attached hydrogen (secondary N) is 1. The number of anilines is 1. The molecule has 1 heterocycles. The summed E-state index contributed by atoms with van der Waals surface area (Å²) in [5, 5.41) is 11.8. The first-order chi connectivity index (χ1) is 12.5. The van der Waals surface area contributed by atoms with E-state index in [9.17, 15) is 9.59 Å². The van der Waals surface area contributed by atoms with Gasteiger partial charge < -0.3 is 10.2 Å². The van der Waals surface area contributed by atoms with Crippen molar-refractivity contribution in [2.24, 2.45) is 0 Å². The molecule has 1 N–H and O–H groups in total. The van der Waals surface area contributed by atoms with Crippen LogP contribution in [0.1, 0.15) is 28.7 Å². The summed E-state index contributed by atoms with van der Waals surface area (Å²) in [4.78, 5) is 26.3. The van der Waals surface area contributed by atoms with Gasteiger partial charge in [-0.05, 0) is 49.2 Å². The van der Waals surface area contributed by atoms with Gasteiger partial charge in [-0.25, -0.2) is 0 Å². The van der Waals surface area contributed by atoms with Crippen molar-refractivity contribution in [1.29, 1.82) is 5.26 Å². The molecular weight excluding hydrogens is 326 g/mol. The molecule has 1 aliphatic heterocycles. The van der Waals surface area contributed by atoms with Gasteiger partial charge >= 0.3 is 0 Å². The number of rotatable bonds is 4. The van der Waals surface area contributed by atoms with Gasteiger partial charge in [0.25, 0.3) is 0 Å². The minimum absolute atomic E-state index is 0.0215. The molecule has 0 spiro atoms. The van der Waals surface area contributed by atoms with E-state index >= 15 is 0 Å². The average molecular weight is 347 g/mol. The van der Waals surface area contributed by atoms with Crippen molar-refractivity contribution in [2.75, 3.05) is 11.4 Å². The van der Waals surface area contributed by atoms with Gasteiger partial charge in [0, 0.05) is 18.7 Å². The van der Waals surface area contributed by atoms with E-state index in [1.54, 1.807) is 29.2 Å². The zero-order valence-electron chi connectivity index (χ0n) is 15.0. The Bertz CT molecular complexity index is 881. The van der Waals surface area contributed by atoms with Crippen molar-refractivity contribution in [1.82, 2.24) is 5.32 Å². The molecule has 0 bridgehead atoms. The molecule has 2 amide bonds. The first-order valence-electron chi connectivity index (χ1n) is 8.62. The molecule has 1 aliphatic rings. The van der Waals surface area contributed by atoms with Crippen LogP contribution in [0, 0.1) is 25.2 Å². The van der Waals surface area contributed by atoms with Gasteiger partial charge in [0.2, 0.25) is 11.8 Å². The van der Waals surface area contributed by atoms with E-state index in [1.165, 1.54) is 0 Å². The van der Waals surface area contributed by atoms with E-state index < -0.39 is 0 Å². The van der Waals surface area contributed by atoms with Crippen LogP contribution >= 0.6 is 0 Å². The molecule has 132 valence electrons. The summed E-state index contributed by atoms with van der Waals surface area (Å²) in [6, 6.07) is 14.8. The highest BCUT2D eigenvalue weighted by Crippen LogP contribution is 2.22. The maximum Gasteiger partial charge on any atom is 0.229 e. The fraction of sp³-hybridized carbons (Fsp3) is 0.286. The highest BCUT2D eigenvalue weighted by atomic mass is 16.2. The topological polar surface area (TPSA) is 73.2 Å². The zero-order valence-corrected chi connectivity index (χ0v) is 15.0. The average Bonchev–Trinajstić information content (AvgIpc) is 2.98. The summed E-state index contributed by atoms with van der Waals surface area (Å²) in [5.41, 5.74) is 4.53. The van der Waals surface area contributed by atoms with E-state index in [4.69, 9.17) is 5.26 Å². The Morgan fingerprint density at radius 2 is 1.96 bits per heavy atom. The number of hydrogen-bond acceptors (Lipinski definition) is 3. The summed E-state index contributed by atoms with van der Waals surface area (Å²) in [5.74, 6) is -0.0927. The van der Waals surface area contributed by atoms with E-state index in [2.05, 4.69) is 11.4 Å². The fourth-order valence-electron chi connectivity index (χ4n) is 3.21. The molecule has 0 saturated carbocycles. The molecule has 26 heavy (non-hydrogen) atoms. The SMILES string of the molecule is Cc1ccc(C)c(CC(=O)NC2CC(=O)N(c3ccc(C#N)cc3)C2)c1. The summed E-state index contributed by atoms with van der Waals surface area (Å²) >= 11 is 0. The lowest BCUT2D eigenvalue weighted by Gasteiger charge is -2.17. The summed E-state index contributed by atoms with van der Waals surface area (Å²) in [7, 11) is 0. The minimum atomic E-state index is -0.198. The van der Waals surface area contributed by atoms with Crippen LogP contribution in [0.4, 0.5) is 5.69 Å². The first kappa shape index (κ1) is 17.7. The quantitative estimate of drug-likeness (QED) is 0.924. The van der Waals surface area contributed by atoms with Crippen molar-refractivity contribution >= 4 is 17.5 Å². The van der Waals surface area contributed by atoms with Crippen LogP contribution in [0.25, 0.3) is 0 Å². The second kappa shape index (κ2) is 7.40. The molecular formula is C21H21N3O2. The lowest BCUT2D eigenvalue weighted by atomic mass is 10.0. The second-order valence-corrected chi connectivity index (χ2v) is 6.74. The monoisotopic (exact) mass is 347 g/mol. The fourth-order valence-corrected chi connectivity index (χ4v) is 3.21. The first-order valence-corrected chi connectivity index (χ1v) is 8.62. The Balaban J connectivity index is 1.62. The highest BCUT2D eigenvalue weighted by Gasteiger charge is 2.31. The molecule has 5 nitrogen and oxygen atoms in total. The lowest BCUT2D eigenvalue weighted by Crippen LogP contribution is -2.38. The molecule has 0 aliphatic carbocycles. The van der Waals surface area contributed by atoms with Crippen LogP contribution in [0.2, 0.25) is 0 Å². The smallest absolute Gasteiger partial charge is 0.229 e. The van der Waals surface area contributed by atoms with Gasteiger partial charge in [0.05, 0.1) is 24.1 Å². The van der Waals surface area contributed by atoms with E-state index in [0.29, 0.717) is 24.9 Å². The number of amides is 2. The molecule has 1 atom stereocenters. The van der Waals surface area contributed by atoms with E-state index in [0.717, 1.165) is 22.4 Å². The lowest BCUT2D eigenvalue weighted by molar-refractivity contribution is -0.121. The number of nitriles is 1. The third-order valence-corrected chi connectivity index (χ3v) is 4.65. The van der Waals surface area contributed by atoms with Crippen LogP contribution in [0.15, 0.2) is 42.5 Å². The molecule has 5 heteroatoms. The van der Waals surface area contributed by atoms with Gasteiger partial charge in [0.15, 0.2) is 0 Å². The summed E-state index contributed by atoms with van der Waals surface area (Å²) in [6.45, 7) is 4.45. The normalized spacial score (nSPS) is 16.4. The number of nitrogens with zero attached hydrogens (tertiary/aromatic N) is 2. The molecule has 2 aromatic carbocycles. The summed E-state index contributed by atoms with van der Waals surface area (Å²) in [6.07, 6.45) is 0.605. The predicted molar refractivity (Wildman–Crippen MR) is 99.7 cm³/mol. The van der Waals surface area contributed by atoms with Crippen LogP contribution in [-0.4, -0.2) is 24.4 Å². The molecule has 0 radical (unpaired) electrons. The largest absolute Gasteiger partial charge is 0.351 e. The molecule has 1 saturated heterocycles. The molecule has 2 aromatic rings. The van der Waals surface area contributed by atoms with Crippen LogP contribution in [-0.2, 0) is 16.0 Å². The van der Waals surface area contributed by atoms with Gasteiger partial charge in [-0.2, -0.15) is 5.26 Å². The van der Waals surface area contributed by atoms with Gasteiger partial charge in [-0.1, -0.05) is 23.8 Å². The van der Waals surface area contributed by atoms with Crippen LogP contribution in [0.5, 0.6) is 0 Å². The number of carbonyl (C=O) groups excluding carboxylic acids is 2. The predicted octanol–water partition coefficient (Wildman–Crippen LogP) is 2.64. The number of benzene rings is 2. The van der Waals surface area contributed by atoms with Crippen molar-refractivity contribution in [3.8, 4) is 6.07 Å². The van der Waals surface area contributed by atoms with Gasteiger partial charge in [0.1, 0.15) is 0 Å². The highest BCUT2D eigenvalue weighted by molar-refractivity contribution is 5.97. The third-order valence-electron chi connectivity index (χ3n) is 4.65. The Morgan fingerprint density at radius 3 is 2.65 bits per heavy atom. The Hall–Kier alpha value is -3.13. The molecule has 1 unspecified atom stereocenters. The Kier molecular flexibility index (Phi) is 5.04. The molecule has 3 rings (SSSR count). The van der Waals surface area contributed by atoms with Gasteiger partial charge in [-0.15, -0.1) is 0 Å². The maximum absolute atomic E-state index is 12.4. The second-order valence-electron chi connectivity index (χ2n) is 6.74. The number of carbonyl (C=O) groups is 2. The minimum Gasteiger partial charge on any atom is -0.351 e. The Morgan fingerprint density at radius 1 is 1.23 bits per heavy atom. The van der Waals surface area contributed by atoms with Crippen LogP contribution in [0.3, 0.4) is 0 Å². The summed E-state index contributed by atoms with van der Waals surface area (Å²) < 4.78 is 0. The van der Waals surface area contributed by atoms with Crippen molar-refractivity contribution in [3.05, 3.63) is 64.7 Å². The number of aryl methyl sites for hydroxylation is 2. The maximum atomic E-state index is 12.4. The van der Waals surface area contributed by atoms with Gasteiger partial charge in [-0.3, -0.25) is 9.59 Å². The van der Waals surface area contributed by atoms with Crippen LogP contribution < -0.4 is 10.2 Å². The standard InChI is InChI=1S/C21H21N3O2/c1-14-3-4-15(2)17(9-14)10-20(25)23-18-11-21(26)24(13-18)19-7-5-16(12-22)6-8-19/h3-9,18H,10-11,13H2,1-2H3,(H,23,25). The Labute approximate surface area is 153 Å². The third kappa shape index (κ3) is 3.92. The number of hydrogen-bond donors (Lipinski definition) is 1. The van der Waals surface area contributed by atoms with E-state index in [1.807, 2.05) is 32.0 Å². The molecule has 0 aromatic heterocycles. The molecule has 1 fully saturated rings. The van der Waals surface area contributed by atoms with Crippen molar-refractivity contribution in [3.63, 3.8) is 0 Å².